The Labute approximate surface area is 276 Å². The van der Waals surface area contributed by atoms with Crippen LogP contribution in [0.2, 0.25) is 0 Å². The Kier molecular flexibility index (Phi) is 9.58. The molecule has 0 spiro atoms. The number of ether oxygens (including phenoxy) is 2. The molecule has 4 aromatic rings. The van der Waals surface area contributed by atoms with Gasteiger partial charge in [0.1, 0.15) is 22.8 Å². The first-order chi connectivity index (χ1) is 22.6. The second kappa shape index (κ2) is 13.6. The van der Waals surface area contributed by atoms with Gasteiger partial charge in [0.25, 0.3) is 5.91 Å². The highest BCUT2D eigenvalue weighted by Crippen LogP contribution is 2.47. The third kappa shape index (κ3) is 6.74. The number of rotatable bonds is 12. The van der Waals surface area contributed by atoms with Crippen molar-refractivity contribution in [2.75, 3.05) is 46.6 Å². The summed E-state index contributed by atoms with van der Waals surface area (Å²) in [6, 6.07) is 24.8. The van der Waals surface area contributed by atoms with Crippen LogP contribution in [-0.4, -0.2) is 57.0 Å². The van der Waals surface area contributed by atoms with Crippen molar-refractivity contribution in [2.24, 2.45) is 0 Å². The van der Waals surface area contributed by atoms with E-state index < -0.39 is 11.2 Å². The molecule has 1 N–H and O–H groups in total. The molecule has 2 aliphatic heterocycles. The van der Waals surface area contributed by atoms with Gasteiger partial charge in [-0.15, -0.1) is 0 Å². The fourth-order valence-corrected chi connectivity index (χ4v) is 7.10. The second-order valence-electron chi connectivity index (χ2n) is 13.3. The molecule has 8 heteroatoms. The van der Waals surface area contributed by atoms with E-state index in [0.29, 0.717) is 24.5 Å². The van der Waals surface area contributed by atoms with Gasteiger partial charge in [-0.1, -0.05) is 36.4 Å². The lowest BCUT2D eigenvalue weighted by Gasteiger charge is -2.31. The van der Waals surface area contributed by atoms with Crippen molar-refractivity contribution < 1.29 is 23.0 Å². The number of carbonyl (C=O) groups is 1. The van der Waals surface area contributed by atoms with E-state index in [1.807, 2.05) is 64.6 Å². The molecule has 1 amide bonds. The second-order valence-corrected chi connectivity index (χ2v) is 13.3. The van der Waals surface area contributed by atoms with Crippen LogP contribution < -0.4 is 5.32 Å². The smallest absolute Gasteiger partial charge is 0.255 e. The van der Waals surface area contributed by atoms with E-state index in [1.54, 1.807) is 24.3 Å². The van der Waals surface area contributed by atoms with Crippen LogP contribution in [0.5, 0.6) is 0 Å². The van der Waals surface area contributed by atoms with Gasteiger partial charge >= 0.3 is 0 Å². The van der Waals surface area contributed by atoms with Crippen LogP contribution in [0.25, 0.3) is 0 Å². The molecule has 0 fully saturated rings. The van der Waals surface area contributed by atoms with Crippen LogP contribution in [0.15, 0.2) is 84.9 Å². The molecule has 0 bridgehead atoms. The van der Waals surface area contributed by atoms with Crippen LogP contribution in [0.3, 0.4) is 0 Å². The molecular weight excluding hydrogens is 596 g/mol. The molecule has 47 heavy (non-hydrogen) atoms. The Morgan fingerprint density at radius 2 is 1.15 bits per heavy atom. The van der Waals surface area contributed by atoms with Crippen molar-refractivity contribution in [1.29, 1.82) is 0 Å². The number of amides is 1. The quantitative estimate of drug-likeness (QED) is 0.175. The molecular formula is C39H43F2N3O3. The van der Waals surface area contributed by atoms with Crippen LogP contribution in [0.1, 0.15) is 69.4 Å². The van der Waals surface area contributed by atoms with Gasteiger partial charge in [-0.2, -0.15) is 0 Å². The van der Waals surface area contributed by atoms with E-state index in [2.05, 4.69) is 15.1 Å². The molecule has 4 aromatic carbocycles. The number of fused-ring (bicyclic) bond motifs is 2. The number of hydrogen-bond acceptors (Lipinski definition) is 5. The first-order valence-electron chi connectivity index (χ1n) is 16.3. The fraction of sp³-hybridized carbons (Fsp3) is 0.359. The summed E-state index contributed by atoms with van der Waals surface area (Å²) in [4.78, 5) is 17.8. The van der Waals surface area contributed by atoms with Gasteiger partial charge in [0.15, 0.2) is 0 Å². The molecule has 2 unspecified atom stereocenters. The lowest BCUT2D eigenvalue weighted by atomic mass is 9.81. The third-order valence-electron chi connectivity index (χ3n) is 9.44. The Hall–Kier alpha value is -3.95. The lowest BCUT2D eigenvalue weighted by molar-refractivity contribution is -0.0141. The number of halogens is 2. The normalized spacial score (nSPS) is 20.1. The van der Waals surface area contributed by atoms with Gasteiger partial charge in [-0.05, 0) is 149 Å². The number of carbonyl (C=O) groups excluding carboxylic acids is 1. The minimum atomic E-state index is -0.697. The highest BCUT2D eigenvalue weighted by molar-refractivity contribution is 6.04. The maximum Gasteiger partial charge on any atom is 0.255 e. The van der Waals surface area contributed by atoms with Crippen molar-refractivity contribution in [3.63, 3.8) is 0 Å². The molecule has 2 atom stereocenters. The van der Waals surface area contributed by atoms with Crippen molar-refractivity contribution >= 4 is 11.6 Å². The molecule has 0 saturated carbocycles. The Morgan fingerprint density at radius 3 is 1.64 bits per heavy atom. The third-order valence-corrected chi connectivity index (χ3v) is 9.44. The molecule has 246 valence electrons. The average Bonchev–Trinajstić information content (AvgIpc) is 3.60. The first-order valence-corrected chi connectivity index (χ1v) is 16.3. The largest absolute Gasteiger partial charge is 0.361 e. The lowest BCUT2D eigenvalue weighted by Crippen LogP contribution is -2.29. The Bertz CT molecular complexity index is 1720. The summed E-state index contributed by atoms with van der Waals surface area (Å²) in [6.45, 7) is 2.57. The SMILES string of the molecule is CN(C)CCCC1(c2ccc(F)cc2)OCc2cc(NC(=O)c3ccc4c(c3)COC4(CCCN(C)C)c3ccc(F)cc3)ccc21. The predicted octanol–water partition coefficient (Wildman–Crippen LogP) is 7.45. The minimum Gasteiger partial charge on any atom is -0.361 e. The van der Waals surface area contributed by atoms with E-state index >= 15 is 0 Å². The van der Waals surface area contributed by atoms with E-state index in [4.69, 9.17) is 9.47 Å². The summed E-state index contributed by atoms with van der Waals surface area (Å²) in [7, 11) is 8.18. The number of nitrogens with one attached hydrogen (secondary N) is 1. The average molecular weight is 640 g/mol. The fourth-order valence-electron chi connectivity index (χ4n) is 7.10. The summed E-state index contributed by atoms with van der Waals surface area (Å²) in [6.07, 6.45) is 3.29. The van der Waals surface area contributed by atoms with E-state index in [0.717, 1.165) is 72.2 Å². The van der Waals surface area contributed by atoms with Gasteiger partial charge in [-0.3, -0.25) is 4.79 Å². The summed E-state index contributed by atoms with van der Waals surface area (Å²) < 4.78 is 40.7. The molecule has 2 heterocycles. The molecule has 0 saturated heterocycles. The van der Waals surface area contributed by atoms with Gasteiger partial charge in [0, 0.05) is 11.3 Å². The monoisotopic (exact) mass is 639 g/mol. The number of nitrogens with zero attached hydrogens (tertiary/aromatic N) is 2. The van der Waals surface area contributed by atoms with E-state index in [-0.39, 0.29) is 17.5 Å². The van der Waals surface area contributed by atoms with Gasteiger partial charge in [-0.25, -0.2) is 8.78 Å². The molecule has 0 aromatic heterocycles. The zero-order chi connectivity index (χ0) is 33.2. The standard InChI is InChI=1S/C39H43F2N3O3/c1-43(2)21-5-19-38(30-8-12-32(40)13-9-30)35-17-7-27(23-28(35)25-46-38)37(45)42-34-16-18-36-29(24-34)26-47-39(36,20-6-22-44(3)4)31-10-14-33(41)15-11-31/h7-18,23-24H,5-6,19-22,25-26H2,1-4H3,(H,42,45). The van der Waals surface area contributed by atoms with Crippen molar-refractivity contribution in [3.05, 3.63) is 136 Å². The zero-order valence-corrected chi connectivity index (χ0v) is 27.6. The molecule has 0 aliphatic carbocycles. The highest BCUT2D eigenvalue weighted by Gasteiger charge is 2.43. The van der Waals surface area contributed by atoms with Crippen molar-refractivity contribution in [1.82, 2.24) is 9.80 Å². The molecule has 2 aliphatic rings. The summed E-state index contributed by atoms with van der Waals surface area (Å²) in [5, 5.41) is 3.08. The van der Waals surface area contributed by atoms with Gasteiger partial charge < -0.3 is 24.6 Å². The van der Waals surface area contributed by atoms with E-state index in [1.165, 1.54) is 24.3 Å². The highest BCUT2D eigenvalue weighted by atomic mass is 19.1. The van der Waals surface area contributed by atoms with Crippen LogP contribution in [0.4, 0.5) is 14.5 Å². The summed E-state index contributed by atoms with van der Waals surface area (Å²) >= 11 is 0. The molecule has 6 rings (SSSR count). The predicted molar refractivity (Wildman–Crippen MR) is 180 cm³/mol. The topological polar surface area (TPSA) is 54.0 Å². The summed E-state index contributed by atoms with van der Waals surface area (Å²) in [5.41, 5.74) is 5.69. The number of hydrogen-bond donors (Lipinski definition) is 1. The first kappa shape index (κ1) is 33.0. The van der Waals surface area contributed by atoms with Crippen molar-refractivity contribution in [3.8, 4) is 0 Å². The zero-order valence-electron chi connectivity index (χ0n) is 27.6. The number of benzene rings is 4. The number of anilines is 1. The van der Waals surface area contributed by atoms with Crippen LogP contribution in [0, 0.1) is 11.6 Å². The minimum absolute atomic E-state index is 0.214. The van der Waals surface area contributed by atoms with Crippen LogP contribution in [-0.2, 0) is 33.9 Å². The van der Waals surface area contributed by atoms with E-state index in [9.17, 15) is 13.6 Å². The molecule has 0 radical (unpaired) electrons. The maximum atomic E-state index is 13.8. The Morgan fingerprint density at radius 1 is 0.681 bits per heavy atom. The van der Waals surface area contributed by atoms with Crippen LogP contribution >= 0.6 is 0 Å². The summed E-state index contributed by atoms with van der Waals surface area (Å²) in [5.74, 6) is -0.780. The molecule has 6 nitrogen and oxygen atoms in total. The Balaban J connectivity index is 1.23. The maximum absolute atomic E-state index is 13.8. The van der Waals surface area contributed by atoms with Gasteiger partial charge in [0.05, 0.1) is 13.2 Å². The van der Waals surface area contributed by atoms with Crippen molar-refractivity contribution in [2.45, 2.75) is 50.1 Å². The van der Waals surface area contributed by atoms with Gasteiger partial charge in [0.2, 0.25) is 0 Å².